The van der Waals surface area contributed by atoms with Crippen molar-refractivity contribution in [1.29, 1.82) is 0 Å². The van der Waals surface area contributed by atoms with Crippen LogP contribution < -0.4 is 5.32 Å². The molecule has 2 nitrogen and oxygen atoms in total. The molecule has 88 valence electrons. The van der Waals surface area contributed by atoms with Crippen molar-refractivity contribution in [1.82, 2.24) is 5.32 Å². The zero-order valence-electron chi connectivity index (χ0n) is 10.5. The molecule has 0 aliphatic heterocycles. The quantitative estimate of drug-likeness (QED) is 0.750. The van der Waals surface area contributed by atoms with Crippen LogP contribution in [0.1, 0.15) is 47.0 Å². The van der Waals surface area contributed by atoms with Crippen molar-refractivity contribution in [3.8, 4) is 0 Å². The summed E-state index contributed by atoms with van der Waals surface area (Å²) in [6, 6.07) is 0.612. The lowest BCUT2D eigenvalue weighted by atomic mass is 9.69. The van der Waals surface area contributed by atoms with Gasteiger partial charge in [0.15, 0.2) is 0 Å². The summed E-state index contributed by atoms with van der Waals surface area (Å²) in [5, 5.41) is 12.9. The lowest BCUT2D eigenvalue weighted by molar-refractivity contribution is 0.109. The molecule has 2 rings (SSSR count). The van der Waals surface area contributed by atoms with Gasteiger partial charge in [0.2, 0.25) is 0 Å². The zero-order valence-corrected chi connectivity index (χ0v) is 10.5. The fraction of sp³-hybridized carbons (Fsp3) is 1.00. The molecule has 2 aliphatic carbocycles. The average molecular weight is 211 g/mol. The van der Waals surface area contributed by atoms with Crippen LogP contribution in [0.15, 0.2) is 0 Å². The van der Waals surface area contributed by atoms with Gasteiger partial charge >= 0.3 is 0 Å². The second-order valence-electron chi connectivity index (χ2n) is 6.42. The molecule has 2 N–H and O–H groups in total. The van der Waals surface area contributed by atoms with E-state index < -0.39 is 0 Å². The Kier molecular flexibility index (Phi) is 2.63. The summed E-state index contributed by atoms with van der Waals surface area (Å²) in [5.74, 6) is 0.883. The smallest absolute Gasteiger partial charge is 0.0636 e. The molecule has 0 heterocycles. The van der Waals surface area contributed by atoms with Crippen LogP contribution in [-0.4, -0.2) is 23.8 Å². The van der Waals surface area contributed by atoms with Crippen LogP contribution in [0.2, 0.25) is 0 Å². The Bertz CT molecular complexity index is 249. The first-order valence-electron chi connectivity index (χ1n) is 6.29. The number of hydrogen-bond donors (Lipinski definition) is 2. The maximum Gasteiger partial charge on any atom is 0.0636 e. The van der Waals surface area contributed by atoms with Crippen LogP contribution in [0, 0.1) is 16.7 Å². The summed E-state index contributed by atoms with van der Waals surface area (Å²) in [4.78, 5) is 0. The maximum absolute atomic E-state index is 9.33. The molecule has 0 aromatic rings. The van der Waals surface area contributed by atoms with Gasteiger partial charge in [0.05, 0.1) is 6.10 Å². The van der Waals surface area contributed by atoms with Crippen LogP contribution >= 0.6 is 0 Å². The molecule has 15 heavy (non-hydrogen) atoms. The molecular weight excluding hydrogens is 186 g/mol. The van der Waals surface area contributed by atoms with Gasteiger partial charge in [0, 0.05) is 12.6 Å². The summed E-state index contributed by atoms with van der Waals surface area (Å²) in [7, 11) is 0. The van der Waals surface area contributed by atoms with Crippen LogP contribution in [0.3, 0.4) is 0 Å². The molecule has 4 atom stereocenters. The van der Waals surface area contributed by atoms with E-state index in [1.807, 2.05) is 6.92 Å². The molecule has 3 unspecified atom stereocenters. The summed E-state index contributed by atoms with van der Waals surface area (Å²) in [5.41, 5.74) is 0.913. The highest BCUT2D eigenvalue weighted by atomic mass is 16.3. The summed E-state index contributed by atoms with van der Waals surface area (Å²) in [6.45, 7) is 9.87. The molecule has 0 amide bonds. The monoisotopic (exact) mass is 211 g/mol. The van der Waals surface area contributed by atoms with Crippen molar-refractivity contribution in [2.75, 3.05) is 6.54 Å². The van der Waals surface area contributed by atoms with E-state index in [-0.39, 0.29) is 6.10 Å². The van der Waals surface area contributed by atoms with Crippen molar-refractivity contribution >= 4 is 0 Å². The molecule has 2 fully saturated rings. The van der Waals surface area contributed by atoms with Gasteiger partial charge in [-0.1, -0.05) is 20.8 Å². The van der Waals surface area contributed by atoms with Gasteiger partial charge in [-0.2, -0.15) is 0 Å². The molecule has 2 aliphatic rings. The van der Waals surface area contributed by atoms with Crippen molar-refractivity contribution in [2.24, 2.45) is 16.7 Å². The standard InChI is InChI=1S/C13H25NO/c1-9(15)8-14-11-7-10-5-6-13(11,4)12(10,2)3/h9-11,14-15H,5-8H2,1-4H3/t9?,10?,11?,13-/m1/s1. The van der Waals surface area contributed by atoms with Gasteiger partial charge in [-0.05, 0) is 42.9 Å². The number of fused-ring (bicyclic) bond motifs is 2. The topological polar surface area (TPSA) is 32.3 Å². The van der Waals surface area contributed by atoms with Crippen molar-refractivity contribution in [3.63, 3.8) is 0 Å². The molecule has 0 aromatic heterocycles. The Morgan fingerprint density at radius 2 is 2.07 bits per heavy atom. The van der Waals surface area contributed by atoms with Crippen LogP contribution in [0.4, 0.5) is 0 Å². The number of rotatable bonds is 3. The first-order valence-corrected chi connectivity index (χ1v) is 6.29. The van der Waals surface area contributed by atoms with E-state index in [2.05, 4.69) is 26.1 Å². The minimum atomic E-state index is -0.226. The van der Waals surface area contributed by atoms with Crippen molar-refractivity contribution in [3.05, 3.63) is 0 Å². The summed E-state index contributed by atoms with van der Waals surface area (Å²) < 4.78 is 0. The Balaban J connectivity index is 2.06. The van der Waals surface area contributed by atoms with Gasteiger partial charge in [0.25, 0.3) is 0 Å². The van der Waals surface area contributed by atoms with Crippen LogP contribution in [0.25, 0.3) is 0 Å². The lowest BCUT2D eigenvalue weighted by Gasteiger charge is -2.39. The summed E-state index contributed by atoms with van der Waals surface area (Å²) in [6.07, 6.45) is 3.82. The van der Waals surface area contributed by atoms with E-state index >= 15 is 0 Å². The van der Waals surface area contributed by atoms with Crippen LogP contribution in [-0.2, 0) is 0 Å². The molecule has 0 spiro atoms. The predicted molar refractivity (Wildman–Crippen MR) is 62.7 cm³/mol. The van der Waals surface area contributed by atoms with E-state index in [9.17, 15) is 5.11 Å². The van der Waals surface area contributed by atoms with Crippen molar-refractivity contribution in [2.45, 2.75) is 59.1 Å². The third kappa shape index (κ3) is 1.53. The highest BCUT2D eigenvalue weighted by Gasteiger charge is 2.60. The largest absolute Gasteiger partial charge is 0.392 e. The van der Waals surface area contributed by atoms with Gasteiger partial charge in [-0.3, -0.25) is 0 Å². The number of aliphatic hydroxyl groups excluding tert-OH is 1. The minimum absolute atomic E-state index is 0.226. The third-order valence-corrected chi connectivity index (χ3v) is 5.45. The minimum Gasteiger partial charge on any atom is -0.392 e. The second-order valence-corrected chi connectivity index (χ2v) is 6.42. The molecular formula is C13H25NO. The fourth-order valence-corrected chi connectivity index (χ4v) is 3.83. The highest BCUT2D eigenvalue weighted by molar-refractivity contribution is 5.12. The number of aliphatic hydroxyl groups is 1. The summed E-state index contributed by atoms with van der Waals surface area (Å²) >= 11 is 0. The average Bonchev–Trinajstić information content (AvgIpc) is 2.46. The zero-order chi connectivity index (χ0) is 11.3. The third-order valence-electron chi connectivity index (χ3n) is 5.45. The van der Waals surface area contributed by atoms with Gasteiger partial charge < -0.3 is 10.4 Å². The Labute approximate surface area is 93.5 Å². The molecule has 2 bridgehead atoms. The van der Waals surface area contributed by atoms with Gasteiger partial charge in [-0.15, -0.1) is 0 Å². The molecule has 2 saturated carbocycles. The predicted octanol–water partition coefficient (Wildman–Crippen LogP) is 2.17. The van der Waals surface area contributed by atoms with Gasteiger partial charge in [0.1, 0.15) is 0 Å². The molecule has 0 aromatic carbocycles. The Morgan fingerprint density at radius 3 is 2.47 bits per heavy atom. The number of hydrogen-bond acceptors (Lipinski definition) is 2. The first kappa shape index (κ1) is 11.4. The van der Waals surface area contributed by atoms with E-state index in [0.29, 0.717) is 16.9 Å². The maximum atomic E-state index is 9.33. The molecule has 0 radical (unpaired) electrons. The van der Waals surface area contributed by atoms with E-state index in [1.165, 1.54) is 19.3 Å². The van der Waals surface area contributed by atoms with Gasteiger partial charge in [-0.25, -0.2) is 0 Å². The number of nitrogens with one attached hydrogen (secondary N) is 1. The highest BCUT2D eigenvalue weighted by Crippen LogP contribution is 2.65. The second kappa shape index (κ2) is 3.46. The van der Waals surface area contributed by atoms with Crippen LogP contribution in [0.5, 0.6) is 0 Å². The van der Waals surface area contributed by atoms with E-state index in [1.54, 1.807) is 0 Å². The molecule has 0 saturated heterocycles. The Morgan fingerprint density at radius 1 is 1.40 bits per heavy atom. The first-order chi connectivity index (χ1) is 6.88. The normalized spacial score (nSPS) is 44.6. The lowest BCUT2D eigenvalue weighted by Crippen LogP contribution is -2.46. The fourth-order valence-electron chi connectivity index (χ4n) is 3.83. The van der Waals surface area contributed by atoms with E-state index in [0.717, 1.165) is 12.5 Å². The van der Waals surface area contributed by atoms with E-state index in [4.69, 9.17) is 0 Å². The SMILES string of the molecule is CC(O)CNC1CC2CC[C@@]1(C)C2(C)C. The Hall–Kier alpha value is -0.0800. The molecule has 2 heteroatoms. The van der Waals surface area contributed by atoms with Crippen molar-refractivity contribution < 1.29 is 5.11 Å².